The first-order valence-corrected chi connectivity index (χ1v) is 10.2. The summed E-state index contributed by atoms with van der Waals surface area (Å²) in [4.78, 5) is 1.36. The smallest absolute Gasteiger partial charge is 0.150 e. The molecule has 1 aromatic rings. The summed E-state index contributed by atoms with van der Waals surface area (Å²) < 4.78 is 24.4. The van der Waals surface area contributed by atoms with Crippen molar-refractivity contribution in [3.8, 4) is 0 Å². The zero-order valence-corrected chi connectivity index (χ0v) is 14.3. The van der Waals surface area contributed by atoms with Crippen molar-refractivity contribution in [2.75, 3.05) is 12.8 Å². The highest BCUT2D eigenvalue weighted by molar-refractivity contribution is 9.11. The third kappa shape index (κ3) is 4.85. The van der Waals surface area contributed by atoms with Gasteiger partial charge in [0.2, 0.25) is 0 Å². The second-order valence-corrected chi connectivity index (χ2v) is 10.1. The van der Waals surface area contributed by atoms with Crippen LogP contribution in [0.5, 0.6) is 0 Å². The summed E-state index contributed by atoms with van der Waals surface area (Å²) in [7, 11) is -2.88. The summed E-state index contributed by atoms with van der Waals surface area (Å²) in [5.74, 6) is 0. The molecule has 1 N–H and O–H groups in total. The van der Waals surface area contributed by atoms with Gasteiger partial charge in [0.25, 0.3) is 0 Å². The minimum atomic E-state index is -2.88. The van der Waals surface area contributed by atoms with E-state index in [0.29, 0.717) is 6.04 Å². The van der Waals surface area contributed by atoms with Gasteiger partial charge in [-0.1, -0.05) is 6.42 Å². The van der Waals surface area contributed by atoms with Crippen molar-refractivity contribution in [3.05, 3.63) is 20.8 Å². The third-order valence-electron chi connectivity index (χ3n) is 3.66. The maximum absolute atomic E-state index is 11.6. The molecule has 1 saturated carbocycles. The Bertz CT molecular complexity index is 512. The van der Waals surface area contributed by atoms with Crippen LogP contribution in [0.2, 0.25) is 0 Å². The van der Waals surface area contributed by atoms with Gasteiger partial charge in [0, 0.05) is 23.7 Å². The lowest BCUT2D eigenvalue weighted by atomic mass is 9.95. The Morgan fingerprint density at radius 2 is 2.21 bits per heavy atom. The van der Waals surface area contributed by atoms with Crippen LogP contribution in [0.15, 0.2) is 15.9 Å². The minimum Gasteiger partial charge on any atom is -0.314 e. The van der Waals surface area contributed by atoms with Gasteiger partial charge < -0.3 is 5.32 Å². The molecule has 6 heteroatoms. The average Bonchev–Trinajstić information content (AvgIpc) is 2.74. The van der Waals surface area contributed by atoms with Crippen molar-refractivity contribution in [1.29, 1.82) is 0 Å². The van der Waals surface area contributed by atoms with Crippen LogP contribution < -0.4 is 5.32 Å². The second kappa shape index (κ2) is 6.70. The first-order valence-electron chi connectivity index (χ1n) is 6.61. The van der Waals surface area contributed by atoms with E-state index >= 15 is 0 Å². The summed E-state index contributed by atoms with van der Waals surface area (Å²) in [5.41, 5.74) is 0. The SMILES string of the molecule is CS(=O)(=O)C1CCCC(NCCc2ccc(Br)s2)C1. The molecule has 2 rings (SSSR count). The lowest BCUT2D eigenvalue weighted by Crippen LogP contribution is -2.39. The minimum absolute atomic E-state index is 0.144. The van der Waals surface area contributed by atoms with Crippen molar-refractivity contribution in [2.45, 2.75) is 43.4 Å². The van der Waals surface area contributed by atoms with Crippen LogP contribution in [-0.4, -0.2) is 32.5 Å². The highest BCUT2D eigenvalue weighted by Crippen LogP contribution is 2.24. The highest BCUT2D eigenvalue weighted by Gasteiger charge is 2.28. The Labute approximate surface area is 127 Å². The number of hydrogen-bond donors (Lipinski definition) is 1. The Balaban J connectivity index is 1.77. The number of sulfone groups is 1. The number of hydrogen-bond acceptors (Lipinski definition) is 4. The van der Waals surface area contributed by atoms with Gasteiger partial charge in [0.05, 0.1) is 9.04 Å². The Morgan fingerprint density at radius 3 is 2.84 bits per heavy atom. The van der Waals surface area contributed by atoms with Gasteiger partial charge >= 0.3 is 0 Å². The Hall–Kier alpha value is 0.0900. The van der Waals surface area contributed by atoms with E-state index in [9.17, 15) is 8.42 Å². The number of halogens is 1. The summed E-state index contributed by atoms with van der Waals surface area (Å²) in [6.45, 7) is 0.925. The van der Waals surface area contributed by atoms with Gasteiger partial charge in [-0.05, 0) is 53.7 Å². The van der Waals surface area contributed by atoms with Crippen LogP contribution >= 0.6 is 27.3 Å². The van der Waals surface area contributed by atoms with Gasteiger partial charge in [-0.25, -0.2) is 8.42 Å². The van der Waals surface area contributed by atoms with Crippen molar-refractivity contribution in [1.82, 2.24) is 5.32 Å². The van der Waals surface area contributed by atoms with E-state index in [1.165, 1.54) is 11.1 Å². The molecule has 19 heavy (non-hydrogen) atoms. The standard InChI is InChI=1S/C13H20BrNO2S2/c1-19(16,17)12-4-2-3-10(9-12)15-8-7-11-5-6-13(14)18-11/h5-6,10,12,15H,2-4,7-9H2,1H3. The lowest BCUT2D eigenvalue weighted by molar-refractivity contribution is 0.374. The molecule has 0 spiro atoms. The second-order valence-electron chi connectivity index (χ2n) is 5.23. The molecule has 0 saturated heterocycles. The Kier molecular flexibility index (Phi) is 5.45. The maximum Gasteiger partial charge on any atom is 0.150 e. The topological polar surface area (TPSA) is 46.2 Å². The highest BCUT2D eigenvalue weighted by atomic mass is 79.9. The molecule has 0 bridgehead atoms. The summed E-state index contributed by atoms with van der Waals surface area (Å²) in [5, 5.41) is 3.36. The molecule has 0 aromatic carbocycles. The van der Waals surface area contributed by atoms with Crippen LogP contribution in [0.4, 0.5) is 0 Å². The van der Waals surface area contributed by atoms with E-state index < -0.39 is 9.84 Å². The van der Waals surface area contributed by atoms with Crippen LogP contribution in [0.25, 0.3) is 0 Å². The molecular formula is C13H20BrNO2S2. The molecule has 2 unspecified atom stereocenters. The van der Waals surface area contributed by atoms with Crippen LogP contribution in [-0.2, 0) is 16.3 Å². The van der Waals surface area contributed by atoms with Crippen molar-refractivity contribution in [2.24, 2.45) is 0 Å². The zero-order chi connectivity index (χ0) is 13.9. The predicted molar refractivity (Wildman–Crippen MR) is 84.6 cm³/mol. The molecule has 1 aromatic heterocycles. The molecule has 1 aliphatic rings. The first kappa shape index (κ1) is 15.5. The molecule has 1 fully saturated rings. The molecule has 0 aliphatic heterocycles. The van der Waals surface area contributed by atoms with Gasteiger partial charge in [0.1, 0.15) is 9.84 Å². The number of thiophene rings is 1. The molecule has 1 heterocycles. The fourth-order valence-corrected chi connectivity index (χ4v) is 5.26. The van der Waals surface area contributed by atoms with Gasteiger partial charge in [-0.3, -0.25) is 0 Å². The van der Waals surface area contributed by atoms with Crippen LogP contribution in [0.3, 0.4) is 0 Å². The largest absolute Gasteiger partial charge is 0.314 e. The zero-order valence-electron chi connectivity index (χ0n) is 11.1. The van der Waals surface area contributed by atoms with E-state index in [4.69, 9.17) is 0 Å². The summed E-state index contributed by atoms with van der Waals surface area (Å²) in [6, 6.07) is 4.56. The fourth-order valence-electron chi connectivity index (χ4n) is 2.60. The lowest BCUT2D eigenvalue weighted by Gasteiger charge is -2.28. The van der Waals surface area contributed by atoms with E-state index in [-0.39, 0.29) is 5.25 Å². The quantitative estimate of drug-likeness (QED) is 0.872. The monoisotopic (exact) mass is 365 g/mol. The molecule has 108 valence electrons. The normalized spacial score (nSPS) is 24.5. The first-order chi connectivity index (χ1) is 8.95. The van der Waals surface area contributed by atoms with Gasteiger partial charge in [0.15, 0.2) is 0 Å². The molecular weight excluding hydrogens is 346 g/mol. The average molecular weight is 366 g/mol. The van der Waals surface area contributed by atoms with Crippen LogP contribution in [0.1, 0.15) is 30.6 Å². The van der Waals surface area contributed by atoms with E-state index in [1.54, 1.807) is 11.3 Å². The number of rotatable bonds is 5. The predicted octanol–water partition coefficient (Wildman–Crippen LogP) is 3.00. The van der Waals surface area contributed by atoms with Crippen molar-refractivity contribution in [3.63, 3.8) is 0 Å². The van der Waals surface area contributed by atoms with E-state index in [0.717, 1.165) is 42.4 Å². The molecule has 0 radical (unpaired) electrons. The molecule has 0 amide bonds. The summed E-state index contributed by atoms with van der Waals surface area (Å²) in [6.07, 6.45) is 6.08. The maximum atomic E-state index is 11.6. The van der Waals surface area contributed by atoms with Crippen molar-refractivity contribution < 1.29 is 8.42 Å². The summed E-state index contributed by atoms with van der Waals surface area (Å²) >= 11 is 5.22. The van der Waals surface area contributed by atoms with Gasteiger partial charge in [-0.15, -0.1) is 11.3 Å². The molecule has 3 nitrogen and oxygen atoms in total. The molecule has 1 aliphatic carbocycles. The third-order valence-corrected chi connectivity index (χ3v) is 6.99. The van der Waals surface area contributed by atoms with Gasteiger partial charge in [-0.2, -0.15) is 0 Å². The molecule has 2 atom stereocenters. The van der Waals surface area contributed by atoms with E-state index in [2.05, 4.69) is 33.4 Å². The van der Waals surface area contributed by atoms with Crippen LogP contribution in [0, 0.1) is 0 Å². The fraction of sp³-hybridized carbons (Fsp3) is 0.692. The Morgan fingerprint density at radius 1 is 1.42 bits per heavy atom. The van der Waals surface area contributed by atoms with E-state index in [1.807, 2.05) is 0 Å². The number of nitrogens with one attached hydrogen (secondary N) is 1. The van der Waals surface area contributed by atoms with Crippen molar-refractivity contribution >= 4 is 37.1 Å².